The molecule has 1 aliphatic carbocycles. The van der Waals surface area contributed by atoms with Crippen LogP contribution in [0.3, 0.4) is 0 Å². The minimum atomic E-state index is -2.43. The average Bonchev–Trinajstić information content (AvgIpc) is 3.32. The summed E-state index contributed by atoms with van der Waals surface area (Å²) in [4.78, 5) is 72.1. The lowest BCUT2D eigenvalue weighted by Crippen LogP contribution is -2.61. The number of esters is 1. The van der Waals surface area contributed by atoms with Crippen LogP contribution in [0.25, 0.3) is 0 Å². The second-order valence-electron chi connectivity index (χ2n) is 20.2. The van der Waals surface area contributed by atoms with Crippen molar-refractivity contribution in [3.05, 3.63) is 47.6 Å². The van der Waals surface area contributed by atoms with Crippen LogP contribution in [0.15, 0.2) is 47.6 Å². The fraction of sp³-hybridized carbons (Fsp3) is 0.755. The van der Waals surface area contributed by atoms with E-state index in [9.17, 15) is 39.3 Å². The molecule has 4 rings (SSSR count). The average molecular weight is 958 g/mol. The summed E-state index contributed by atoms with van der Waals surface area (Å²) in [7, 11) is 4.58. The van der Waals surface area contributed by atoms with Gasteiger partial charge >= 0.3 is 5.97 Å². The van der Waals surface area contributed by atoms with E-state index in [0.29, 0.717) is 63.4 Å². The van der Waals surface area contributed by atoms with Gasteiger partial charge in [0.05, 0.1) is 37.6 Å². The molecule has 3 fully saturated rings. The summed E-state index contributed by atoms with van der Waals surface area (Å²) in [5.74, 6) is -7.96. The lowest BCUT2D eigenvalue weighted by molar-refractivity contribution is -0.265. The third-order valence-electron chi connectivity index (χ3n) is 14.9. The molecule has 384 valence electrons. The van der Waals surface area contributed by atoms with Crippen LogP contribution in [0, 0.1) is 35.5 Å². The lowest BCUT2D eigenvalue weighted by Gasteiger charge is -2.42. The molecule has 0 spiro atoms. The molecule has 2 bridgehead atoms. The van der Waals surface area contributed by atoms with Crippen molar-refractivity contribution in [2.24, 2.45) is 35.5 Å². The molecule has 2 saturated heterocycles. The Morgan fingerprint density at radius 1 is 0.853 bits per heavy atom. The topological polar surface area (TPSA) is 205 Å². The van der Waals surface area contributed by atoms with Crippen LogP contribution in [-0.4, -0.2) is 145 Å². The Morgan fingerprint density at radius 3 is 2.26 bits per heavy atom. The normalized spacial score (nSPS) is 39.2. The van der Waals surface area contributed by atoms with Gasteiger partial charge in [0.2, 0.25) is 5.79 Å². The number of ketones is 3. The number of hydrogen-bond acceptors (Lipinski definition) is 14. The van der Waals surface area contributed by atoms with E-state index in [4.69, 9.17) is 28.4 Å². The molecule has 4 aliphatic rings. The lowest BCUT2D eigenvalue weighted by atomic mass is 9.78. The number of carbonyl (C=O) groups excluding carboxylic acids is 5. The first-order chi connectivity index (χ1) is 32.3. The number of fused-ring (bicyclic) bond motifs is 3. The number of methoxy groups -OCH3 is 3. The number of Topliss-reactive ketones (excluding diaryl/α,β-unsaturated/α-hetero) is 3. The SMILES string of the molecule is COC1CC2CCC(C)C(O)(O2)C(=O)C(=O)N2CCCCC2C(=O)OC(C(C)CC2CCC(OCCO)C(OC)C2)CC(=O)C(C)/C=C(\C)C(O)C(OC)C(=O)C(C)CC(C)/C=C/C=C/C=C/1C. The van der Waals surface area contributed by atoms with Crippen molar-refractivity contribution >= 4 is 29.2 Å². The number of hydrogen-bond donors (Lipinski definition) is 3. The van der Waals surface area contributed by atoms with Gasteiger partial charge in [0.1, 0.15) is 30.1 Å². The molecule has 3 aliphatic heterocycles. The first kappa shape index (κ1) is 57.2. The number of aliphatic hydroxyl groups is 3. The van der Waals surface area contributed by atoms with Gasteiger partial charge in [-0.25, -0.2) is 4.79 Å². The van der Waals surface area contributed by atoms with Gasteiger partial charge in [-0.2, -0.15) is 0 Å². The Balaban J connectivity index is 1.70. The molecule has 15 heteroatoms. The zero-order chi connectivity index (χ0) is 50.3. The number of piperidine rings is 1. The summed E-state index contributed by atoms with van der Waals surface area (Å²) in [6, 6.07) is -1.14. The highest BCUT2D eigenvalue weighted by Crippen LogP contribution is 2.38. The fourth-order valence-corrected chi connectivity index (χ4v) is 10.5. The van der Waals surface area contributed by atoms with Crippen LogP contribution < -0.4 is 0 Å². The third-order valence-corrected chi connectivity index (χ3v) is 14.9. The zero-order valence-corrected chi connectivity index (χ0v) is 42.4. The van der Waals surface area contributed by atoms with Gasteiger partial charge in [-0.05, 0) is 107 Å². The van der Waals surface area contributed by atoms with Crippen LogP contribution in [0.1, 0.15) is 126 Å². The molecule has 68 heavy (non-hydrogen) atoms. The monoisotopic (exact) mass is 958 g/mol. The van der Waals surface area contributed by atoms with Crippen molar-refractivity contribution in [1.82, 2.24) is 4.90 Å². The van der Waals surface area contributed by atoms with Crippen LogP contribution in [0.5, 0.6) is 0 Å². The summed E-state index contributed by atoms with van der Waals surface area (Å²) in [6.07, 6.45) is 12.0. The fourth-order valence-electron chi connectivity index (χ4n) is 10.5. The summed E-state index contributed by atoms with van der Waals surface area (Å²) in [6.45, 7) is 12.9. The van der Waals surface area contributed by atoms with Gasteiger partial charge in [-0.15, -0.1) is 0 Å². The van der Waals surface area contributed by atoms with Crippen molar-refractivity contribution in [1.29, 1.82) is 0 Å². The van der Waals surface area contributed by atoms with Crippen molar-refractivity contribution in [2.45, 2.75) is 180 Å². The number of rotatable bonds is 9. The highest BCUT2D eigenvalue weighted by Gasteiger charge is 2.53. The number of nitrogens with zero attached hydrogens (tertiary/aromatic N) is 1. The van der Waals surface area contributed by atoms with Gasteiger partial charge < -0.3 is 48.6 Å². The Morgan fingerprint density at radius 2 is 1.59 bits per heavy atom. The van der Waals surface area contributed by atoms with Crippen molar-refractivity contribution in [3.8, 4) is 0 Å². The molecule has 1 saturated carbocycles. The largest absolute Gasteiger partial charge is 0.460 e. The van der Waals surface area contributed by atoms with Gasteiger partial charge in [0.25, 0.3) is 11.7 Å². The van der Waals surface area contributed by atoms with Gasteiger partial charge in [-0.1, -0.05) is 71.1 Å². The van der Waals surface area contributed by atoms with Crippen molar-refractivity contribution in [3.63, 3.8) is 0 Å². The maximum Gasteiger partial charge on any atom is 0.329 e. The summed E-state index contributed by atoms with van der Waals surface area (Å²) in [5.41, 5.74) is 1.26. The molecule has 15 atom stereocenters. The number of cyclic esters (lactones) is 1. The second kappa shape index (κ2) is 27.3. The molecule has 0 radical (unpaired) electrons. The summed E-state index contributed by atoms with van der Waals surface area (Å²) < 4.78 is 35.6. The molecule has 0 aromatic carbocycles. The predicted molar refractivity (Wildman–Crippen MR) is 256 cm³/mol. The van der Waals surface area contributed by atoms with Crippen molar-refractivity contribution in [2.75, 3.05) is 41.1 Å². The van der Waals surface area contributed by atoms with E-state index >= 15 is 0 Å². The second-order valence-corrected chi connectivity index (χ2v) is 20.2. The molecule has 15 nitrogen and oxygen atoms in total. The maximum absolute atomic E-state index is 14.5. The quantitative estimate of drug-likeness (QED) is 0.134. The van der Waals surface area contributed by atoms with Crippen LogP contribution in [0.2, 0.25) is 0 Å². The molecule has 0 aromatic rings. The number of aliphatic hydroxyl groups excluding tert-OH is 2. The molecule has 3 N–H and O–H groups in total. The summed E-state index contributed by atoms with van der Waals surface area (Å²) >= 11 is 0. The van der Waals surface area contributed by atoms with Crippen molar-refractivity contribution < 1.29 is 67.7 Å². The third kappa shape index (κ3) is 15.3. The van der Waals surface area contributed by atoms with Crippen LogP contribution in [0.4, 0.5) is 0 Å². The van der Waals surface area contributed by atoms with E-state index in [1.54, 1.807) is 41.1 Å². The van der Waals surface area contributed by atoms with E-state index in [-0.39, 0.29) is 74.1 Å². The predicted octanol–water partition coefficient (Wildman–Crippen LogP) is 6.20. The molecular weight excluding hydrogens is 875 g/mol. The van der Waals surface area contributed by atoms with E-state index in [1.807, 2.05) is 58.1 Å². The van der Waals surface area contributed by atoms with Gasteiger partial charge in [0.15, 0.2) is 5.78 Å². The Labute approximate surface area is 405 Å². The first-order valence-corrected chi connectivity index (χ1v) is 25.0. The van der Waals surface area contributed by atoms with E-state index in [0.717, 1.165) is 12.0 Å². The highest BCUT2D eigenvalue weighted by molar-refractivity contribution is 6.39. The van der Waals surface area contributed by atoms with Gasteiger partial charge in [0, 0.05) is 58.5 Å². The zero-order valence-electron chi connectivity index (χ0n) is 42.4. The smallest absolute Gasteiger partial charge is 0.329 e. The molecular formula is C53H83NO14. The number of ether oxygens (including phenoxy) is 6. The van der Waals surface area contributed by atoms with E-state index < -0.39 is 77.8 Å². The number of allylic oxidation sites excluding steroid dienone is 6. The van der Waals surface area contributed by atoms with E-state index in [2.05, 4.69) is 0 Å². The minimum Gasteiger partial charge on any atom is -0.460 e. The van der Waals surface area contributed by atoms with Gasteiger partial charge in [-0.3, -0.25) is 19.2 Å². The van der Waals surface area contributed by atoms with Crippen LogP contribution >= 0.6 is 0 Å². The number of carbonyl (C=O) groups is 5. The van der Waals surface area contributed by atoms with E-state index in [1.165, 1.54) is 12.0 Å². The highest BCUT2D eigenvalue weighted by atomic mass is 16.6. The maximum atomic E-state index is 14.5. The molecule has 15 unspecified atom stereocenters. The molecule has 3 heterocycles. The Kier molecular flexibility index (Phi) is 22.9. The Bertz CT molecular complexity index is 1810. The van der Waals surface area contributed by atoms with Crippen LogP contribution in [-0.2, 0) is 52.4 Å². The molecule has 1 amide bonds. The molecule has 0 aromatic heterocycles. The summed E-state index contributed by atoms with van der Waals surface area (Å²) in [5, 5.41) is 32.8. The first-order valence-electron chi connectivity index (χ1n) is 25.0. The standard InChI is InChI=1S/C53H83NO14/c1-32-16-12-11-13-17-33(2)44(63-8)30-40-21-19-38(7)53(62,68-40)50(59)51(60)54-23-15-14-18-41(54)52(61)67-45(35(4)28-39-20-22-43(66-25-24-55)46(29-39)64-9)31-42(56)34(3)27-37(6)48(58)49(65-10)47(57)36(5)26-32/h11-13,16-17,27,32,34-36,38-41,43-46,48-49,55,58,62H,14-15,18-26,28-31H2,1-10H3/b13-11+,16-12+,33-17+,37-27+. The minimum absolute atomic E-state index is 0.0158. The Hall–Kier alpha value is -3.41. The number of amides is 1.